The molecule has 3 aromatic heterocycles. The van der Waals surface area contributed by atoms with E-state index in [0.717, 1.165) is 80.9 Å². The third-order valence-electron chi connectivity index (χ3n) is 7.92. The van der Waals surface area contributed by atoms with Gasteiger partial charge in [-0.2, -0.15) is 5.10 Å². The van der Waals surface area contributed by atoms with E-state index >= 15 is 0 Å². The van der Waals surface area contributed by atoms with Gasteiger partial charge >= 0.3 is 0 Å². The summed E-state index contributed by atoms with van der Waals surface area (Å²) in [5, 5.41) is 14.2. The van der Waals surface area contributed by atoms with Crippen molar-refractivity contribution in [2.24, 2.45) is 10.9 Å². The van der Waals surface area contributed by atoms with Crippen LogP contribution in [0.1, 0.15) is 50.8 Å². The molecule has 6 rings (SSSR count). The molecule has 1 saturated carbocycles. The second-order valence-electron chi connectivity index (χ2n) is 10.2. The number of aliphatic hydroxyl groups is 1. The molecule has 190 valence electrons. The lowest BCUT2D eigenvalue weighted by molar-refractivity contribution is -0.0734. The Morgan fingerprint density at radius 3 is 2.64 bits per heavy atom. The van der Waals surface area contributed by atoms with Crippen molar-refractivity contribution in [2.75, 3.05) is 38.6 Å². The minimum Gasteiger partial charge on any atom is -0.396 e. The van der Waals surface area contributed by atoms with Crippen LogP contribution in [0.5, 0.6) is 0 Å². The van der Waals surface area contributed by atoms with Crippen molar-refractivity contribution in [3.8, 4) is 11.1 Å². The zero-order chi connectivity index (χ0) is 24.6. The van der Waals surface area contributed by atoms with E-state index in [1.54, 1.807) is 6.20 Å². The summed E-state index contributed by atoms with van der Waals surface area (Å²) >= 11 is 0. The normalized spacial score (nSPS) is 23.1. The number of piperidine rings is 1. The molecule has 5 heterocycles. The highest BCUT2D eigenvalue weighted by molar-refractivity contribution is 5.97. The molecule has 36 heavy (non-hydrogen) atoms. The van der Waals surface area contributed by atoms with Crippen LogP contribution in [0.3, 0.4) is 0 Å². The van der Waals surface area contributed by atoms with Crippen LogP contribution in [0.4, 0.5) is 11.6 Å². The molecule has 0 amide bonds. The van der Waals surface area contributed by atoms with Crippen LogP contribution in [0.25, 0.3) is 22.2 Å². The molecule has 3 aromatic rings. The Labute approximate surface area is 210 Å². The topological polar surface area (TPSA) is 128 Å². The maximum absolute atomic E-state index is 9.51. The Morgan fingerprint density at radius 1 is 1.11 bits per heavy atom. The predicted molar refractivity (Wildman–Crippen MR) is 138 cm³/mol. The second-order valence-corrected chi connectivity index (χ2v) is 10.2. The molecule has 2 saturated heterocycles. The van der Waals surface area contributed by atoms with Crippen molar-refractivity contribution in [3.63, 3.8) is 0 Å². The predicted octanol–water partition coefficient (Wildman–Crippen LogP) is 2.93. The number of fused-ring (bicyclic) bond motifs is 1. The maximum Gasteiger partial charge on any atom is 0.174 e. The standard InChI is InChI=1S/C26H34N8O2/c1-2-22-26(30-18-4-3-16(9-18)13-35)32-23-21(11-28-25(27)24(23)31-22)17-10-29-34(12-17)19-5-7-33(8-6-19)20-14-36-15-20/h10-12,16,19-20,35H,2-9,13-15H2,1H3,(H2,27,28)/t16-/m0/s1. The summed E-state index contributed by atoms with van der Waals surface area (Å²) in [6, 6.07) is 0.972. The van der Waals surface area contributed by atoms with Gasteiger partial charge in [0, 0.05) is 48.9 Å². The number of anilines is 1. The van der Waals surface area contributed by atoms with Crippen molar-refractivity contribution >= 4 is 28.4 Å². The van der Waals surface area contributed by atoms with Crippen LogP contribution >= 0.6 is 0 Å². The molecule has 1 atom stereocenters. The second kappa shape index (κ2) is 9.84. The molecule has 10 heteroatoms. The molecular weight excluding hydrogens is 456 g/mol. The number of ether oxygens (including phenoxy) is 1. The van der Waals surface area contributed by atoms with Crippen LogP contribution in [-0.2, 0) is 11.2 Å². The van der Waals surface area contributed by atoms with Gasteiger partial charge in [-0.25, -0.2) is 19.9 Å². The van der Waals surface area contributed by atoms with Crippen molar-refractivity contribution in [3.05, 3.63) is 24.3 Å². The Kier molecular flexibility index (Phi) is 6.41. The SMILES string of the molecule is CCc1nc2c(N)ncc(-c3cnn(C4CCN(C5COC5)CC4)c3)c2nc1N=C1CC[C@H](CO)C1. The van der Waals surface area contributed by atoms with E-state index in [9.17, 15) is 5.11 Å². The van der Waals surface area contributed by atoms with Gasteiger partial charge in [0.2, 0.25) is 0 Å². The van der Waals surface area contributed by atoms with Crippen LogP contribution in [-0.4, -0.2) is 79.4 Å². The highest BCUT2D eigenvalue weighted by Crippen LogP contribution is 2.34. The molecule has 3 N–H and O–H groups in total. The smallest absolute Gasteiger partial charge is 0.174 e. The molecular formula is C26H34N8O2. The Bertz CT molecular complexity index is 1280. The van der Waals surface area contributed by atoms with Crippen LogP contribution in [0, 0.1) is 5.92 Å². The Hall–Kier alpha value is -2.95. The summed E-state index contributed by atoms with van der Waals surface area (Å²) in [6.45, 7) is 6.13. The van der Waals surface area contributed by atoms with Crippen molar-refractivity contribution in [1.29, 1.82) is 0 Å². The number of aliphatic imine (C=N–C) groups is 1. The zero-order valence-corrected chi connectivity index (χ0v) is 20.8. The lowest BCUT2D eigenvalue weighted by Crippen LogP contribution is -2.51. The van der Waals surface area contributed by atoms with Gasteiger partial charge in [0.25, 0.3) is 0 Å². The molecule has 0 spiro atoms. The van der Waals surface area contributed by atoms with Gasteiger partial charge in [-0.3, -0.25) is 9.58 Å². The summed E-state index contributed by atoms with van der Waals surface area (Å²) in [7, 11) is 0. The number of nitrogens with two attached hydrogens (primary N) is 1. The summed E-state index contributed by atoms with van der Waals surface area (Å²) in [6.07, 6.45) is 11.3. The number of hydrogen-bond donors (Lipinski definition) is 2. The van der Waals surface area contributed by atoms with Crippen LogP contribution in [0.15, 0.2) is 23.6 Å². The molecule has 0 unspecified atom stereocenters. The number of likely N-dealkylation sites (tertiary alicyclic amines) is 1. The third kappa shape index (κ3) is 4.38. The van der Waals surface area contributed by atoms with E-state index in [2.05, 4.69) is 20.8 Å². The molecule has 3 aliphatic rings. The van der Waals surface area contributed by atoms with Crippen molar-refractivity contribution in [2.45, 2.75) is 57.5 Å². The summed E-state index contributed by atoms with van der Waals surface area (Å²) < 4.78 is 7.45. The average Bonchev–Trinajstić information content (AvgIpc) is 3.53. The first-order chi connectivity index (χ1) is 17.6. The van der Waals surface area contributed by atoms with Gasteiger partial charge < -0.3 is 15.6 Å². The average molecular weight is 491 g/mol. The number of hydrogen-bond acceptors (Lipinski definition) is 9. The fraction of sp³-hybridized carbons (Fsp3) is 0.577. The Morgan fingerprint density at radius 2 is 1.94 bits per heavy atom. The number of rotatable bonds is 6. The van der Waals surface area contributed by atoms with Crippen LogP contribution < -0.4 is 5.73 Å². The Balaban J connectivity index is 1.31. The first kappa shape index (κ1) is 23.4. The molecule has 0 radical (unpaired) electrons. The number of nitrogen functional groups attached to an aromatic ring is 1. The lowest BCUT2D eigenvalue weighted by atomic mass is 10.0. The van der Waals surface area contributed by atoms with Gasteiger partial charge in [-0.05, 0) is 44.4 Å². The highest BCUT2D eigenvalue weighted by atomic mass is 16.5. The minimum atomic E-state index is 0.202. The summed E-state index contributed by atoms with van der Waals surface area (Å²) in [5.41, 5.74) is 11.3. The third-order valence-corrected chi connectivity index (χ3v) is 7.92. The molecule has 0 bridgehead atoms. The van der Waals surface area contributed by atoms with Crippen molar-refractivity contribution in [1.82, 2.24) is 29.6 Å². The summed E-state index contributed by atoms with van der Waals surface area (Å²) in [5.74, 6) is 1.30. The summed E-state index contributed by atoms with van der Waals surface area (Å²) in [4.78, 5) is 21.7. The quantitative estimate of drug-likeness (QED) is 0.540. The molecule has 1 aliphatic carbocycles. The fourth-order valence-electron chi connectivity index (χ4n) is 5.56. The number of aromatic nitrogens is 5. The maximum atomic E-state index is 9.51. The molecule has 0 aromatic carbocycles. The van der Waals surface area contributed by atoms with Crippen LogP contribution in [0.2, 0.25) is 0 Å². The zero-order valence-electron chi connectivity index (χ0n) is 20.8. The lowest BCUT2D eigenvalue weighted by Gasteiger charge is -2.41. The van der Waals surface area contributed by atoms with Gasteiger partial charge in [-0.15, -0.1) is 0 Å². The molecule has 10 nitrogen and oxygen atoms in total. The van der Waals surface area contributed by atoms with E-state index in [0.29, 0.717) is 41.2 Å². The van der Waals surface area contributed by atoms with E-state index in [-0.39, 0.29) is 12.5 Å². The van der Waals surface area contributed by atoms with E-state index < -0.39 is 0 Å². The minimum absolute atomic E-state index is 0.202. The highest BCUT2D eigenvalue weighted by Gasteiger charge is 2.30. The first-order valence-corrected chi connectivity index (χ1v) is 13.1. The van der Waals surface area contributed by atoms with Gasteiger partial charge in [0.05, 0.1) is 37.2 Å². The molecule has 3 fully saturated rings. The van der Waals surface area contributed by atoms with Gasteiger partial charge in [0.1, 0.15) is 11.0 Å². The largest absolute Gasteiger partial charge is 0.396 e. The van der Waals surface area contributed by atoms with E-state index in [1.165, 1.54) is 0 Å². The van der Waals surface area contributed by atoms with Gasteiger partial charge in [0.15, 0.2) is 11.6 Å². The van der Waals surface area contributed by atoms with Crippen molar-refractivity contribution < 1.29 is 9.84 Å². The number of aliphatic hydroxyl groups excluding tert-OH is 1. The fourth-order valence-corrected chi connectivity index (χ4v) is 5.56. The first-order valence-electron chi connectivity index (χ1n) is 13.1. The number of aryl methyl sites for hydroxylation is 1. The molecule has 2 aliphatic heterocycles. The van der Waals surface area contributed by atoms with E-state index in [1.807, 2.05) is 13.1 Å². The van der Waals surface area contributed by atoms with E-state index in [4.69, 9.17) is 30.5 Å². The van der Waals surface area contributed by atoms with Gasteiger partial charge in [-0.1, -0.05) is 6.92 Å². The number of nitrogens with zero attached hydrogens (tertiary/aromatic N) is 7. The number of pyridine rings is 1. The monoisotopic (exact) mass is 490 g/mol.